The molecule has 2 heterocycles. The minimum absolute atomic E-state index is 0.149. The molecular formula is C52H32F4N2. The summed E-state index contributed by atoms with van der Waals surface area (Å²) in [6.45, 7) is 0. The molecule has 6 heteroatoms. The number of para-hydroxylation sites is 4. The van der Waals surface area contributed by atoms with Crippen LogP contribution in [0.15, 0.2) is 170 Å². The van der Waals surface area contributed by atoms with Crippen LogP contribution in [0.3, 0.4) is 0 Å². The molecule has 0 saturated heterocycles. The smallest absolute Gasteiger partial charge is 0.183 e. The van der Waals surface area contributed by atoms with E-state index in [1.54, 1.807) is 57.7 Å². The molecule has 58 heavy (non-hydrogen) atoms. The number of nitrogens with zero attached hydrogens (tertiary/aromatic N) is 2. The quantitative estimate of drug-likeness (QED) is 0.113. The maximum Gasteiger partial charge on any atom is 0.183 e. The Morgan fingerprint density at radius 3 is 0.931 bits per heavy atom. The molecule has 0 fully saturated rings. The first kappa shape index (κ1) is 35.0. The van der Waals surface area contributed by atoms with Gasteiger partial charge in [-0.15, -0.1) is 0 Å². The van der Waals surface area contributed by atoms with Crippen LogP contribution in [0.1, 0.15) is 22.3 Å². The molecule has 10 aromatic rings. The van der Waals surface area contributed by atoms with Crippen molar-refractivity contribution in [3.8, 4) is 22.5 Å². The molecule has 0 bridgehead atoms. The van der Waals surface area contributed by atoms with Crippen molar-refractivity contribution in [2.45, 2.75) is 0 Å². The van der Waals surface area contributed by atoms with E-state index in [1.165, 1.54) is 0 Å². The van der Waals surface area contributed by atoms with Crippen LogP contribution in [-0.2, 0) is 0 Å². The van der Waals surface area contributed by atoms with Crippen molar-refractivity contribution in [2.75, 3.05) is 0 Å². The molecule has 0 radical (unpaired) electrons. The second-order valence-corrected chi connectivity index (χ2v) is 14.3. The fraction of sp³-hybridized carbons (Fsp3) is 0. The van der Waals surface area contributed by atoms with Crippen LogP contribution in [0.5, 0.6) is 0 Å². The molecule has 10 rings (SSSR count). The predicted octanol–water partition coefficient (Wildman–Crippen LogP) is 14.4. The van der Waals surface area contributed by atoms with Gasteiger partial charge in [-0.25, -0.2) is 17.6 Å². The summed E-state index contributed by atoms with van der Waals surface area (Å²) in [6, 6.07) is 52.9. The molecule has 0 amide bonds. The van der Waals surface area contributed by atoms with Crippen molar-refractivity contribution in [3.05, 3.63) is 215 Å². The number of fused-ring (bicyclic) bond motifs is 6. The van der Waals surface area contributed by atoms with E-state index in [1.807, 2.05) is 146 Å². The number of benzene rings is 8. The van der Waals surface area contributed by atoms with Crippen LogP contribution in [-0.4, -0.2) is 9.13 Å². The van der Waals surface area contributed by atoms with Crippen molar-refractivity contribution in [1.29, 1.82) is 0 Å². The van der Waals surface area contributed by atoms with Gasteiger partial charge in [-0.3, -0.25) is 0 Å². The largest absolute Gasteiger partial charge is 0.306 e. The van der Waals surface area contributed by atoms with E-state index < -0.39 is 23.3 Å². The van der Waals surface area contributed by atoms with Crippen molar-refractivity contribution in [2.24, 2.45) is 0 Å². The van der Waals surface area contributed by atoms with Gasteiger partial charge in [0.15, 0.2) is 23.3 Å². The molecule has 0 N–H and O–H groups in total. The summed E-state index contributed by atoms with van der Waals surface area (Å²) >= 11 is 0. The van der Waals surface area contributed by atoms with E-state index in [4.69, 9.17) is 0 Å². The molecule has 0 atom stereocenters. The van der Waals surface area contributed by atoms with E-state index in [0.717, 1.165) is 65.9 Å². The number of hydrogen-bond acceptors (Lipinski definition) is 0. The zero-order chi connectivity index (χ0) is 39.3. The lowest BCUT2D eigenvalue weighted by atomic mass is 10.0. The highest BCUT2D eigenvalue weighted by Gasteiger charge is 2.20. The van der Waals surface area contributed by atoms with Crippen LogP contribution in [0.2, 0.25) is 0 Å². The molecule has 0 aliphatic rings. The molecule has 0 aliphatic heterocycles. The Hall–Kier alpha value is -7.44. The lowest BCUT2D eigenvalue weighted by molar-refractivity contribution is 0.504. The highest BCUT2D eigenvalue weighted by Crippen LogP contribution is 2.36. The second-order valence-electron chi connectivity index (χ2n) is 14.3. The van der Waals surface area contributed by atoms with Gasteiger partial charge < -0.3 is 9.13 Å². The maximum atomic E-state index is 15.7. The highest BCUT2D eigenvalue weighted by atomic mass is 19.2. The van der Waals surface area contributed by atoms with Crippen molar-refractivity contribution in [3.63, 3.8) is 0 Å². The van der Waals surface area contributed by atoms with Gasteiger partial charge in [0.05, 0.1) is 33.4 Å². The summed E-state index contributed by atoms with van der Waals surface area (Å²) in [7, 11) is 0. The summed E-state index contributed by atoms with van der Waals surface area (Å²) in [5, 5.41) is 3.90. The van der Waals surface area contributed by atoms with E-state index >= 15 is 17.6 Å². The highest BCUT2D eigenvalue weighted by molar-refractivity contribution is 6.10. The Bertz CT molecular complexity index is 2930. The first-order valence-electron chi connectivity index (χ1n) is 18.9. The lowest BCUT2D eigenvalue weighted by Crippen LogP contribution is -2.01. The summed E-state index contributed by atoms with van der Waals surface area (Å²) in [5.41, 5.74) is 7.43. The molecule has 2 aromatic heterocycles. The van der Waals surface area contributed by atoms with Gasteiger partial charge in [0.1, 0.15) is 0 Å². The maximum absolute atomic E-state index is 15.7. The molecule has 0 unspecified atom stereocenters. The fourth-order valence-electron chi connectivity index (χ4n) is 8.02. The normalized spacial score (nSPS) is 12.0. The number of halogens is 4. The third-order valence-corrected chi connectivity index (χ3v) is 10.9. The van der Waals surface area contributed by atoms with Crippen LogP contribution < -0.4 is 0 Å². The average molecular weight is 761 g/mol. The first-order valence-corrected chi connectivity index (χ1v) is 18.9. The first-order chi connectivity index (χ1) is 28.4. The summed E-state index contributed by atoms with van der Waals surface area (Å²) in [6.07, 6.45) is 6.67. The average Bonchev–Trinajstić information content (AvgIpc) is 3.78. The Morgan fingerprint density at radius 1 is 0.293 bits per heavy atom. The van der Waals surface area contributed by atoms with Gasteiger partial charge in [-0.2, -0.15) is 0 Å². The standard InChI is InChI=1S/C52H32F4N2/c53-49-37(29-31-47(51(49)55)57-43-13-5-1-9-39(43)40-10-2-6-14-44(40)57)27-21-33-17-23-35(24-18-33)36-25-19-34(20-26-36)22-28-38-30-32-48(52(56)50(38)54)58-45-15-7-3-11-41(45)42-12-4-8-16-46(42)58/h1-32H. The minimum Gasteiger partial charge on any atom is -0.306 e. The van der Waals surface area contributed by atoms with E-state index in [0.29, 0.717) is 0 Å². The van der Waals surface area contributed by atoms with E-state index in [2.05, 4.69) is 0 Å². The van der Waals surface area contributed by atoms with Gasteiger partial charge >= 0.3 is 0 Å². The summed E-state index contributed by atoms with van der Waals surface area (Å²) in [4.78, 5) is 0. The zero-order valence-corrected chi connectivity index (χ0v) is 30.9. The molecule has 0 spiro atoms. The van der Waals surface area contributed by atoms with Gasteiger partial charge in [0.25, 0.3) is 0 Å². The SMILES string of the molecule is Fc1c(C=Cc2ccc(-c3ccc(C=Cc4ccc(-n5c6ccccc6c6ccccc65)c(F)c4F)cc3)cc2)ccc(-n2c3ccccc3c3ccccc32)c1F. The third-order valence-electron chi connectivity index (χ3n) is 10.9. The third kappa shape index (κ3) is 5.89. The Morgan fingerprint density at radius 2 is 0.603 bits per heavy atom. The van der Waals surface area contributed by atoms with Crippen molar-refractivity contribution in [1.82, 2.24) is 9.13 Å². The minimum atomic E-state index is -0.911. The molecule has 2 nitrogen and oxygen atoms in total. The molecule has 0 aliphatic carbocycles. The van der Waals surface area contributed by atoms with Gasteiger partial charge in [0, 0.05) is 32.7 Å². The molecule has 8 aromatic carbocycles. The number of aromatic nitrogens is 2. The van der Waals surface area contributed by atoms with E-state index in [-0.39, 0.29) is 22.5 Å². The fourth-order valence-corrected chi connectivity index (χ4v) is 8.02. The second kappa shape index (κ2) is 14.3. The summed E-state index contributed by atoms with van der Waals surface area (Å²) < 4.78 is 66.1. The van der Waals surface area contributed by atoms with Crippen molar-refractivity contribution < 1.29 is 17.6 Å². The molecule has 0 saturated carbocycles. The van der Waals surface area contributed by atoms with Gasteiger partial charge in [-0.05, 0) is 70.8 Å². The van der Waals surface area contributed by atoms with Crippen LogP contribution in [0.4, 0.5) is 17.6 Å². The van der Waals surface area contributed by atoms with Crippen LogP contribution in [0.25, 0.3) is 90.4 Å². The van der Waals surface area contributed by atoms with Crippen LogP contribution >= 0.6 is 0 Å². The topological polar surface area (TPSA) is 9.86 Å². The summed E-state index contributed by atoms with van der Waals surface area (Å²) in [5.74, 6) is -3.64. The lowest BCUT2D eigenvalue weighted by Gasteiger charge is -2.11. The van der Waals surface area contributed by atoms with Gasteiger partial charge in [-0.1, -0.05) is 146 Å². The van der Waals surface area contributed by atoms with Gasteiger partial charge in [0.2, 0.25) is 0 Å². The molecule has 278 valence electrons. The van der Waals surface area contributed by atoms with E-state index in [9.17, 15) is 0 Å². The Kier molecular flexibility index (Phi) is 8.60. The monoisotopic (exact) mass is 760 g/mol. The van der Waals surface area contributed by atoms with Crippen molar-refractivity contribution >= 4 is 67.9 Å². The number of hydrogen-bond donors (Lipinski definition) is 0. The zero-order valence-electron chi connectivity index (χ0n) is 30.9. The molecular weight excluding hydrogens is 729 g/mol. The Balaban J connectivity index is 0.850. The Labute approximate surface area is 331 Å². The predicted molar refractivity (Wildman–Crippen MR) is 231 cm³/mol. The number of rotatable bonds is 7. The van der Waals surface area contributed by atoms with Crippen LogP contribution in [0, 0.1) is 23.3 Å².